The number of hydrogen-bond donors (Lipinski definition) is 0. The van der Waals surface area contributed by atoms with Crippen LogP contribution in [0.2, 0.25) is 0 Å². The van der Waals surface area contributed by atoms with Crippen molar-refractivity contribution < 1.29 is 19.4 Å². The summed E-state index contributed by atoms with van der Waals surface area (Å²) in [6.45, 7) is 4.72. The molecular weight excluding hydrogens is 374 g/mol. The zero-order chi connectivity index (χ0) is 21.1. The van der Waals surface area contributed by atoms with Crippen LogP contribution in [0.3, 0.4) is 0 Å². The van der Waals surface area contributed by atoms with E-state index in [2.05, 4.69) is 5.10 Å². The average molecular weight is 396 g/mol. The Morgan fingerprint density at radius 1 is 1.17 bits per heavy atom. The summed E-state index contributed by atoms with van der Waals surface area (Å²) in [5.74, 6) is -1.82. The first-order valence-corrected chi connectivity index (χ1v) is 9.25. The first-order chi connectivity index (χ1) is 13.8. The van der Waals surface area contributed by atoms with Gasteiger partial charge in [-0.3, -0.25) is 9.59 Å². The molecule has 152 valence electrons. The van der Waals surface area contributed by atoms with Gasteiger partial charge in [0.2, 0.25) is 0 Å². The fourth-order valence-electron chi connectivity index (χ4n) is 3.51. The highest BCUT2D eigenvalue weighted by Gasteiger charge is 2.19. The lowest BCUT2D eigenvalue weighted by Gasteiger charge is -2.11. The van der Waals surface area contributed by atoms with Crippen molar-refractivity contribution in [1.82, 2.24) is 14.3 Å². The number of aromatic nitrogens is 3. The molecule has 0 spiro atoms. The molecule has 0 saturated heterocycles. The van der Waals surface area contributed by atoms with Gasteiger partial charge in [0.25, 0.3) is 5.56 Å². The zero-order valence-electron chi connectivity index (χ0n) is 16.6. The summed E-state index contributed by atoms with van der Waals surface area (Å²) in [5, 5.41) is 15.7. The molecule has 8 heteroatoms. The number of ether oxygens (including phenoxy) is 1. The van der Waals surface area contributed by atoms with Crippen molar-refractivity contribution in [3.05, 3.63) is 63.3 Å². The van der Waals surface area contributed by atoms with Crippen LogP contribution in [0.4, 0.5) is 0 Å². The highest BCUT2D eigenvalue weighted by molar-refractivity contribution is 6.01. The number of fused-ring (bicyclic) bond motifs is 1. The van der Waals surface area contributed by atoms with Crippen LogP contribution in [-0.2, 0) is 17.8 Å². The van der Waals surface area contributed by atoms with Crippen molar-refractivity contribution in [3.63, 3.8) is 0 Å². The number of hydrogen-bond acceptors (Lipinski definition) is 6. The Kier molecular flexibility index (Phi) is 5.93. The Morgan fingerprint density at radius 3 is 2.52 bits per heavy atom. The van der Waals surface area contributed by atoms with Gasteiger partial charge in [-0.1, -0.05) is 18.2 Å². The topological polar surface area (TPSA) is 106 Å². The van der Waals surface area contributed by atoms with E-state index < -0.39 is 11.5 Å². The first kappa shape index (κ1) is 20.5. The van der Waals surface area contributed by atoms with Gasteiger partial charge in [0.05, 0.1) is 11.4 Å². The SMILES string of the molecule is COCCCn1c(C)cc(C(=O)Cn2nc(C(=O)[O-])c3ccccc3c2=O)c1C. The Hall–Kier alpha value is -3.26. The summed E-state index contributed by atoms with van der Waals surface area (Å²) in [5.41, 5.74) is 1.32. The smallest absolute Gasteiger partial charge is 0.275 e. The number of rotatable bonds is 8. The minimum absolute atomic E-state index is 0.180. The van der Waals surface area contributed by atoms with Gasteiger partial charge in [0.1, 0.15) is 12.2 Å². The second kappa shape index (κ2) is 8.40. The van der Waals surface area contributed by atoms with Gasteiger partial charge >= 0.3 is 0 Å². The number of ketones is 1. The van der Waals surface area contributed by atoms with Crippen molar-refractivity contribution in [2.45, 2.75) is 33.4 Å². The molecule has 0 radical (unpaired) electrons. The summed E-state index contributed by atoms with van der Waals surface area (Å²) in [6, 6.07) is 8.02. The lowest BCUT2D eigenvalue weighted by Crippen LogP contribution is -2.32. The van der Waals surface area contributed by atoms with E-state index in [4.69, 9.17) is 4.74 Å². The number of benzene rings is 1. The number of carboxylic acids is 1. The zero-order valence-corrected chi connectivity index (χ0v) is 16.6. The molecule has 2 aromatic heterocycles. The Bertz CT molecular complexity index is 1140. The van der Waals surface area contributed by atoms with Gasteiger partial charge in [-0.25, -0.2) is 4.68 Å². The summed E-state index contributed by atoms with van der Waals surface area (Å²) in [4.78, 5) is 37.1. The van der Waals surface area contributed by atoms with Crippen LogP contribution >= 0.6 is 0 Å². The highest BCUT2D eigenvalue weighted by atomic mass is 16.5. The van der Waals surface area contributed by atoms with Crippen molar-refractivity contribution in [2.24, 2.45) is 0 Å². The molecule has 1 aromatic carbocycles. The molecule has 0 amide bonds. The maximum atomic E-state index is 12.9. The van der Waals surface area contributed by atoms with E-state index in [-0.39, 0.29) is 28.8 Å². The molecular formula is C21H22N3O5-. The Morgan fingerprint density at radius 2 is 1.86 bits per heavy atom. The molecule has 0 atom stereocenters. The minimum atomic E-state index is -1.50. The minimum Gasteiger partial charge on any atom is -0.543 e. The third kappa shape index (κ3) is 3.97. The standard InChI is InChI=1S/C21H23N3O5/c1-13-11-17(14(2)23(13)9-6-10-29-3)18(25)12-24-20(26)16-8-5-4-7-15(16)19(22-24)21(27)28/h4-5,7-8,11H,6,9-10,12H2,1-3H3,(H,27,28)/p-1. The number of carbonyl (C=O) groups excluding carboxylic acids is 2. The molecule has 0 N–H and O–H groups in total. The number of carbonyl (C=O) groups is 2. The molecule has 0 saturated carbocycles. The third-order valence-electron chi connectivity index (χ3n) is 4.96. The lowest BCUT2D eigenvalue weighted by molar-refractivity contribution is -0.255. The number of aryl methyl sites for hydroxylation is 1. The Balaban J connectivity index is 1.97. The van der Waals surface area contributed by atoms with Crippen LogP contribution < -0.4 is 10.7 Å². The lowest BCUT2D eigenvalue weighted by atomic mass is 10.1. The van der Waals surface area contributed by atoms with Gasteiger partial charge in [-0.2, -0.15) is 5.10 Å². The number of nitrogens with zero attached hydrogens (tertiary/aromatic N) is 3. The third-order valence-corrected chi connectivity index (χ3v) is 4.96. The van der Waals surface area contributed by atoms with Crippen LogP contribution in [0.25, 0.3) is 10.8 Å². The maximum absolute atomic E-state index is 12.9. The molecule has 2 heterocycles. The number of Topliss-reactive ketones (excluding diaryl/α,β-unsaturated/α-hetero) is 1. The molecule has 8 nitrogen and oxygen atoms in total. The predicted molar refractivity (Wildman–Crippen MR) is 105 cm³/mol. The van der Waals surface area contributed by atoms with E-state index in [9.17, 15) is 19.5 Å². The van der Waals surface area contributed by atoms with Gasteiger partial charge in [0.15, 0.2) is 5.78 Å². The summed E-state index contributed by atoms with van der Waals surface area (Å²) in [6.07, 6.45) is 0.807. The largest absolute Gasteiger partial charge is 0.543 e. The first-order valence-electron chi connectivity index (χ1n) is 9.25. The van der Waals surface area contributed by atoms with Gasteiger partial charge < -0.3 is 19.2 Å². The molecule has 0 aliphatic carbocycles. The Labute approximate surface area is 167 Å². The number of methoxy groups -OCH3 is 1. The highest BCUT2D eigenvalue weighted by Crippen LogP contribution is 2.18. The van der Waals surface area contributed by atoms with Crippen LogP contribution in [-0.4, -0.2) is 39.8 Å². The van der Waals surface area contributed by atoms with E-state index in [1.54, 1.807) is 25.3 Å². The number of aromatic carboxylic acids is 1. The second-order valence-electron chi connectivity index (χ2n) is 6.85. The van der Waals surface area contributed by atoms with Crippen LogP contribution in [0, 0.1) is 13.8 Å². The normalized spacial score (nSPS) is 11.1. The molecule has 0 fully saturated rings. The van der Waals surface area contributed by atoms with Gasteiger partial charge in [0, 0.05) is 42.6 Å². The molecule has 0 aliphatic heterocycles. The van der Waals surface area contributed by atoms with Gasteiger partial charge in [-0.15, -0.1) is 0 Å². The van der Waals surface area contributed by atoms with Crippen LogP contribution in [0.1, 0.15) is 38.7 Å². The molecule has 3 rings (SSSR count). The van der Waals surface area contributed by atoms with E-state index in [0.29, 0.717) is 18.7 Å². The van der Waals surface area contributed by atoms with E-state index in [0.717, 1.165) is 22.5 Å². The molecule has 0 unspecified atom stereocenters. The van der Waals surface area contributed by atoms with E-state index >= 15 is 0 Å². The molecule has 0 aliphatic rings. The monoisotopic (exact) mass is 396 g/mol. The fourth-order valence-corrected chi connectivity index (χ4v) is 3.51. The number of carboxylic acid groups (broad SMARTS) is 1. The quantitative estimate of drug-likeness (QED) is 0.417. The molecule has 3 aromatic rings. The summed E-state index contributed by atoms with van der Waals surface area (Å²) in [7, 11) is 1.64. The summed E-state index contributed by atoms with van der Waals surface area (Å²) < 4.78 is 7.99. The van der Waals surface area contributed by atoms with E-state index in [1.807, 2.05) is 18.4 Å². The second-order valence-corrected chi connectivity index (χ2v) is 6.85. The summed E-state index contributed by atoms with van der Waals surface area (Å²) >= 11 is 0. The predicted octanol–water partition coefficient (Wildman–Crippen LogP) is 1.10. The van der Waals surface area contributed by atoms with Crippen molar-refractivity contribution >= 4 is 22.5 Å². The van der Waals surface area contributed by atoms with Crippen molar-refractivity contribution in [3.8, 4) is 0 Å². The average Bonchev–Trinajstić information content (AvgIpc) is 2.98. The molecule has 0 bridgehead atoms. The molecule has 29 heavy (non-hydrogen) atoms. The van der Waals surface area contributed by atoms with Crippen LogP contribution in [0.5, 0.6) is 0 Å². The maximum Gasteiger partial charge on any atom is 0.275 e. The fraction of sp³-hybridized carbons (Fsp3) is 0.333. The van der Waals surface area contributed by atoms with Gasteiger partial charge in [-0.05, 0) is 32.4 Å². The van der Waals surface area contributed by atoms with Crippen molar-refractivity contribution in [1.29, 1.82) is 0 Å². The van der Waals surface area contributed by atoms with Crippen LogP contribution in [0.15, 0.2) is 35.1 Å². The van der Waals surface area contributed by atoms with Crippen molar-refractivity contribution in [2.75, 3.05) is 13.7 Å². The van der Waals surface area contributed by atoms with E-state index in [1.165, 1.54) is 12.1 Å².